The smallest absolute Gasteiger partial charge is 0.356 e. The molecule has 4 nitrogen and oxygen atoms in total. The molecule has 0 bridgehead atoms. The van der Waals surface area contributed by atoms with Crippen molar-refractivity contribution in [3.8, 4) is 0 Å². The van der Waals surface area contributed by atoms with Crippen LogP contribution in [0, 0.1) is 0 Å². The fourth-order valence-electron chi connectivity index (χ4n) is 1.58. The van der Waals surface area contributed by atoms with E-state index in [2.05, 4.69) is 10.4 Å². The summed E-state index contributed by atoms with van der Waals surface area (Å²) in [6.07, 6.45) is 4.04. The van der Waals surface area contributed by atoms with Gasteiger partial charge in [-0.3, -0.25) is 4.40 Å². The van der Waals surface area contributed by atoms with Gasteiger partial charge in [-0.2, -0.15) is 0 Å². The van der Waals surface area contributed by atoms with Gasteiger partial charge in [0.15, 0.2) is 10.7 Å². The van der Waals surface area contributed by atoms with Gasteiger partial charge >= 0.3 is 5.97 Å². The lowest BCUT2D eigenvalue weighted by Gasteiger charge is -1.92. The average molecular weight is 208 g/mol. The molecule has 0 aliphatic heterocycles. The Balaban J connectivity index is 2.18. The number of carboxylic acids is 1. The Labute approximate surface area is 83.8 Å². The molecule has 1 saturated carbocycles. The summed E-state index contributed by atoms with van der Waals surface area (Å²) < 4.78 is 1.91. The highest BCUT2D eigenvalue weighted by Gasteiger charge is 2.27. The van der Waals surface area contributed by atoms with Crippen LogP contribution in [0.5, 0.6) is 0 Å². The van der Waals surface area contributed by atoms with Crippen molar-refractivity contribution in [2.75, 3.05) is 0 Å². The fraction of sp³-hybridized carbons (Fsp3) is 0.333. The SMILES string of the molecule is O=C(O)c1cn2c(C3CC3)csc2n1. The number of rotatable bonds is 2. The van der Waals surface area contributed by atoms with Crippen molar-refractivity contribution < 1.29 is 9.90 Å². The molecular formula is C9H8N2O2S. The van der Waals surface area contributed by atoms with Crippen molar-refractivity contribution >= 4 is 22.3 Å². The van der Waals surface area contributed by atoms with Gasteiger partial charge in [0.25, 0.3) is 0 Å². The van der Waals surface area contributed by atoms with E-state index in [9.17, 15) is 4.79 Å². The van der Waals surface area contributed by atoms with Crippen molar-refractivity contribution in [3.05, 3.63) is 23.0 Å². The molecule has 2 aromatic heterocycles. The lowest BCUT2D eigenvalue weighted by Crippen LogP contribution is -1.95. The molecule has 5 heteroatoms. The van der Waals surface area contributed by atoms with Crippen LogP contribution >= 0.6 is 11.3 Å². The van der Waals surface area contributed by atoms with Gasteiger partial charge in [0.2, 0.25) is 0 Å². The highest BCUT2D eigenvalue weighted by atomic mass is 32.1. The molecule has 2 aromatic rings. The maximum atomic E-state index is 10.7. The Bertz CT molecular complexity index is 510. The molecule has 3 rings (SSSR count). The topological polar surface area (TPSA) is 54.6 Å². The van der Waals surface area contributed by atoms with E-state index in [0.717, 1.165) is 4.96 Å². The second-order valence-corrected chi connectivity index (χ2v) is 4.36. The molecule has 1 N–H and O–H groups in total. The lowest BCUT2D eigenvalue weighted by molar-refractivity contribution is 0.0691. The summed E-state index contributed by atoms with van der Waals surface area (Å²) in [7, 11) is 0. The Morgan fingerprint density at radius 3 is 3.07 bits per heavy atom. The average Bonchev–Trinajstić information content (AvgIpc) is 2.77. The van der Waals surface area contributed by atoms with E-state index in [1.54, 1.807) is 6.20 Å². The maximum Gasteiger partial charge on any atom is 0.356 e. The van der Waals surface area contributed by atoms with Gasteiger partial charge in [-0.25, -0.2) is 9.78 Å². The summed E-state index contributed by atoms with van der Waals surface area (Å²) in [4.78, 5) is 15.5. The van der Waals surface area contributed by atoms with E-state index in [1.165, 1.54) is 29.9 Å². The third-order valence-corrected chi connectivity index (χ3v) is 3.31. The highest BCUT2D eigenvalue weighted by molar-refractivity contribution is 7.15. The third kappa shape index (κ3) is 1.05. The number of aromatic carboxylic acids is 1. The molecule has 0 unspecified atom stereocenters. The zero-order chi connectivity index (χ0) is 9.71. The molecule has 0 spiro atoms. The molecule has 0 radical (unpaired) electrons. The molecule has 0 aromatic carbocycles. The third-order valence-electron chi connectivity index (χ3n) is 2.45. The maximum absolute atomic E-state index is 10.7. The molecule has 14 heavy (non-hydrogen) atoms. The van der Waals surface area contributed by atoms with Gasteiger partial charge in [0.1, 0.15) is 0 Å². The number of aromatic nitrogens is 2. The highest BCUT2D eigenvalue weighted by Crippen LogP contribution is 2.41. The van der Waals surface area contributed by atoms with Crippen LogP contribution < -0.4 is 0 Å². The van der Waals surface area contributed by atoms with Crippen molar-refractivity contribution in [3.63, 3.8) is 0 Å². The van der Waals surface area contributed by atoms with Crippen molar-refractivity contribution in [1.82, 2.24) is 9.38 Å². The van der Waals surface area contributed by atoms with Gasteiger partial charge in [-0.1, -0.05) is 0 Å². The summed E-state index contributed by atoms with van der Waals surface area (Å²) in [6.45, 7) is 0. The molecule has 1 fully saturated rings. The van der Waals surface area contributed by atoms with E-state index < -0.39 is 5.97 Å². The zero-order valence-electron chi connectivity index (χ0n) is 7.30. The molecular weight excluding hydrogens is 200 g/mol. The zero-order valence-corrected chi connectivity index (χ0v) is 8.12. The molecule has 0 saturated heterocycles. The first-order valence-electron chi connectivity index (χ1n) is 4.45. The molecule has 1 aliphatic rings. The van der Waals surface area contributed by atoms with Gasteiger partial charge in [-0.15, -0.1) is 11.3 Å². The Morgan fingerprint density at radius 2 is 2.43 bits per heavy atom. The van der Waals surface area contributed by atoms with Gasteiger partial charge in [0.05, 0.1) is 0 Å². The Morgan fingerprint density at radius 1 is 1.64 bits per heavy atom. The summed E-state index contributed by atoms with van der Waals surface area (Å²) in [5.74, 6) is -0.331. The summed E-state index contributed by atoms with van der Waals surface area (Å²) in [6, 6.07) is 0. The standard InChI is InChI=1S/C9H8N2O2S/c12-8(13)6-3-11-7(5-1-2-5)4-14-9(11)10-6/h3-5H,1-2H2,(H,12,13). The van der Waals surface area contributed by atoms with Crippen molar-refractivity contribution in [1.29, 1.82) is 0 Å². The van der Waals surface area contributed by atoms with Crippen LogP contribution in [-0.2, 0) is 0 Å². The van der Waals surface area contributed by atoms with Crippen LogP contribution in [0.4, 0.5) is 0 Å². The van der Waals surface area contributed by atoms with E-state index in [1.807, 2.05) is 4.40 Å². The number of hydrogen-bond donors (Lipinski definition) is 1. The van der Waals surface area contributed by atoms with Crippen LogP contribution in [0.3, 0.4) is 0 Å². The predicted octanol–water partition coefficient (Wildman–Crippen LogP) is 1.97. The van der Waals surface area contributed by atoms with Crippen LogP contribution in [0.1, 0.15) is 34.9 Å². The van der Waals surface area contributed by atoms with E-state index in [4.69, 9.17) is 5.11 Å². The van der Waals surface area contributed by atoms with Crippen LogP contribution in [-0.4, -0.2) is 20.5 Å². The molecule has 0 amide bonds. The van der Waals surface area contributed by atoms with Crippen molar-refractivity contribution in [2.45, 2.75) is 18.8 Å². The minimum Gasteiger partial charge on any atom is -0.476 e. The molecule has 72 valence electrons. The Hall–Kier alpha value is -1.36. The Kier molecular flexibility index (Phi) is 1.47. The minimum absolute atomic E-state index is 0.138. The number of carbonyl (C=O) groups is 1. The summed E-state index contributed by atoms with van der Waals surface area (Å²) in [5, 5.41) is 10.9. The first-order chi connectivity index (χ1) is 6.75. The van der Waals surface area contributed by atoms with Crippen molar-refractivity contribution in [2.24, 2.45) is 0 Å². The first kappa shape index (κ1) is 7.99. The minimum atomic E-state index is -0.956. The number of hydrogen-bond acceptors (Lipinski definition) is 3. The second-order valence-electron chi connectivity index (χ2n) is 3.52. The van der Waals surface area contributed by atoms with E-state index in [0.29, 0.717) is 5.92 Å². The molecule has 1 aliphatic carbocycles. The normalized spacial score (nSPS) is 16.3. The first-order valence-corrected chi connectivity index (χ1v) is 5.33. The van der Waals surface area contributed by atoms with Gasteiger partial charge < -0.3 is 5.11 Å². The molecule has 2 heterocycles. The predicted molar refractivity (Wildman–Crippen MR) is 52.0 cm³/mol. The number of fused-ring (bicyclic) bond motifs is 1. The van der Waals surface area contributed by atoms with Gasteiger partial charge in [-0.05, 0) is 12.8 Å². The second kappa shape index (κ2) is 2.57. The number of carboxylic acid groups (broad SMARTS) is 1. The fourth-order valence-corrected chi connectivity index (χ4v) is 2.53. The van der Waals surface area contributed by atoms with E-state index >= 15 is 0 Å². The number of nitrogens with zero attached hydrogens (tertiary/aromatic N) is 2. The molecule has 0 atom stereocenters. The van der Waals surface area contributed by atoms with Gasteiger partial charge in [0, 0.05) is 23.2 Å². The summed E-state index contributed by atoms with van der Waals surface area (Å²) in [5.41, 5.74) is 1.35. The number of imidazole rings is 1. The number of thiazole rings is 1. The quantitative estimate of drug-likeness (QED) is 0.820. The monoisotopic (exact) mass is 208 g/mol. The largest absolute Gasteiger partial charge is 0.476 e. The lowest BCUT2D eigenvalue weighted by atomic mass is 10.3. The van der Waals surface area contributed by atoms with E-state index in [-0.39, 0.29) is 5.69 Å². The van der Waals surface area contributed by atoms with Crippen LogP contribution in [0.2, 0.25) is 0 Å². The van der Waals surface area contributed by atoms with Crippen LogP contribution in [0.25, 0.3) is 4.96 Å². The van der Waals surface area contributed by atoms with Crippen LogP contribution in [0.15, 0.2) is 11.6 Å². The summed E-state index contributed by atoms with van der Waals surface area (Å²) >= 11 is 1.51.